The second-order valence-electron chi connectivity index (χ2n) is 15.7. The quantitative estimate of drug-likeness (QED) is 0.0239. The molecule has 0 aliphatic carbocycles. The number of phosphoric ester groups is 1. The summed E-state index contributed by atoms with van der Waals surface area (Å²) in [6, 6.07) is 0. The zero-order chi connectivity index (χ0) is 43.9. The molecule has 0 radical (unpaired) electrons. The van der Waals surface area contributed by atoms with Gasteiger partial charge in [-0.15, -0.1) is 0 Å². The molecule has 60 heavy (non-hydrogen) atoms. The van der Waals surface area contributed by atoms with Crippen molar-refractivity contribution in [1.82, 2.24) is 5.32 Å². The molecule has 0 heterocycles. The minimum absolute atomic E-state index is 0.0700. The number of ether oxygens (including phenoxy) is 1. The average Bonchev–Trinajstić information content (AvgIpc) is 3.23. The van der Waals surface area contributed by atoms with E-state index in [1.807, 2.05) is 0 Å². The molecule has 0 saturated heterocycles. The fraction of sp³-hybridized carbons (Fsp3) is 0.720. The smallest absolute Gasteiger partial charge is 0.463 e. The van der Waals surface area contributed by atoms with Crippen LogP contribution in [0.1, 0.15) is 200 Å². The predicted molar refractivity (Wildman–Crippen MR) is 252 cm³/mol. The summed E-state index contributed by atoms with van der Waals surface area (Å²) in [4.78, 5) is 34.0. The highest BCUT2D eigenvalue weighted by atomic mass is 31.2. The summed E-state index contributed by atoms with van der Waals surface area (Å²) in [5, 5.41) is 12.7. The zero-order valence-electron chi connectivity index (χ0n) is 38.1. The highest BCUT2D eigenvalue weighted by Crippen LogP contribution is 2.42. The molecule has 0 bridgehead atoms. The van der Waals surface area contributed by atoms with E-state index in [4.69, 9.17) is 13.8 Å². The third kappa shape index (κ3) is 46.5. The Morgan fingerprint density at radius 1 is 0.517 bits per heavy atom. The van der Waals surface area contributed by atoms with Gasteiger partial charge in [0.15, 0.2) is 0 Å². The summed E-state index contributed by atoms with van der Waals surface area (Å²) >= 11 is 0. The van der Waals surface area contributed by atoms with Crippen molar-refractivity contribution in [3.8, 4) is 0 Å². The second-order valence-corrected chi connectivity index (χ2v) is 17.2. The van der Waals surface area contributed by atoms with Gasteiger partial charge in [-0.25, -0.2) is 4.57 Å². The van der Waals surface area contributed by atoms with E-state index >= 15 is 0 Å². The lowest BCUT2D eigenvalue weighted by Gasteiger charge is -2.15. The lowest BCUT2D eigenvalue weighted by molar-refractivity contribution is -0.147. The number of aliphatic hydroxyl groups excluding tert-OH is 1. The van der Waals surface area contributed by atoms with E-state index in [0.717, 1.165) is 89.9 Å². The number of rotatable bonds is 44. The summed E-state index contributed by atoms with van der Waals surface area (Å²) in [5.41, 5.74) is 0. The topological polar surface area (TPSA) is 131 Å². The number of amides is 1. The number of carbonyl (C=O) groups excluding carboxylic acids is 2. The first kappa shape index (κ1) is 57.4. The number of carbonyl (C=O) groups is 2. The van der Waals surface area contributed by atoms with Gasteiger partial charge in [-0.3, -0.25) is 18.6 Å². The number of esters is 1. The van der Waals surface area contributed by atoms with Gasteiger partial charge in [-0.1, -0.05) is 170 Å². The number of hydrogen-bond acceptors (Lipinski definition) is 7. The Bertz CT molecular complexity index is 1210. The van der Waals surface area contributed by atoms with Gasteiger partial charge in [-0.2, -0.15) is 0 Å². The van der Waals surface area contributed by atoms with Gasteiger partial charge >= 0.3 is 13.8 Å². The summed E-state index contributed by atoms with van der Waals surface area (Å²) < 4.78 is 26.9. The third-order valence-corrected chi connectivity index (χ3v) is 10.8. The maximum atomic E-state index is 12.1. The van der Waals surface area contributed by atoms with E-state index in [1.165, 1.54) is 83.5 Å². The van der Waals surface area contributed by atoms with Crippen LogP contribution in [-0.2, 0) is 27.9 Å². The van der Waals surface area contributed by atoms with Crippen molar-refractivity contribution in [2.24, 2.45) is 0 Å². The van der Waals surface area contributed by atoms with E-state index in [2.05, 4.69) is 92.1 Å². The summed E-state index contributed by atoms with van der Waals surface area (Å²) in [6.45, 7) is 3.48. The molecule has 10 heteroatoms. The van der Waals surface area contributed by atoms with Gasteiger partial charge in [0, 0.05) is 19.4 Å². The Kier molecular flexibility index (Phi) is 44.0. The Hall–Kier alpha value is -2.55. The number of nitrogens with one attached hydrogen (secondary N) is 1. The van der Waals surface area contributed by atoms with E-state index in [0.29, 0.717) is 6.42 Å². The maximum Gasteiger partial charge on any atom is 0.472 e. The van der Waals surface area contributed by atoms with E-state index < -0.39 is 26.5 Å². The van der Waals surface area contributed by atoms with E-state index in [-0.39, 0.29) is 32.1 Å². The molecule has 0 aromatic carbocycles. The van der Waals surface area contributed by atoms with E-state index in [9.17, 15) is 24.2 Å². The summed E-state index contributed by atoms with van der Waals surface area (Å²) in [5.74, 6) is -0.544. The highest BCUT2D eigenvalue weighted by Gasteiger charge is 2.23. The first-order chi connectivity index (χ1) is 29.3. The largest absolute Gasteiger partial charge is 0.472 e. The lowest BCUT2D eigenvalue weighted by atomic mass is 10.1. The second kappa shape index (κ2) is 46.0. The highest BCUT2D eigenvalue weighted by molar-refractivity contribution is 7.47. The van der Waals surface area contributed by atoms with Crippen LogP contribution in [0.5, 0.6) is 0 Å². The zero-order valence-corrected chi connectivity index (χ0v) is 39.0. The number of unbranched alkanes of at least 4 members (excludes halogenated alkanes) is 19. The van der Waals surface area contributed by atoms with Crippen molar-refractivity contribution < 1.29 is 37.9 Å². The van der Waals surface area contributed by atoms with Crippen molar-refractivity contribution in [1.29, 1.82) is 0 Å². The molecule has 0 rings (SSSR count). The first-order valence-corrected chi connectivity index (χ1v) is 25.4. The van der Waals surface area contributed by atoms with Crippen LogP contribution in [0.4, 0.5) is 0 Å². The number of hydrogen-bond donors (Lipinski definition) is 3. The third-order valence-electron chi connectivity index (χ3n) is 9.86. The fourth-order valence-electron chi connectivity index (χ4n) is 6.22. The Balaban J connectivity index is 3.63. The van der Waals surface area contributed by atoms with Crippen molar-refractivity contribution in [2.75, 3.05) is 26.4 Å². The van der Waals surface area contributed by atoms with Crippen LogP contribution in [0.2, 0.25) is 0 Å². The van der Waals surface area contributed by atoms with Crippen LogP contribution < -0.4 is 5.32 Å². The molecule has 1 amide bonds. The maximum absolute atomic E-state index is 12.1. The monoisotopic (exact) mass is 862 g/mol. The molecule has 0 aromatic rings. The van der Waals surface area contributed by atoms with Gasteiger partial charge in [0.2, 0.25) is 5.91 Å². The molecule has 0 aliphatic heterocycles. The molecular formula is C50H88NO8P. The van der Waals surface area contributed by atoms with Crippen LogP contribution in [0.15, 0.2) is 72.9 Å². The number of phosphoric acid groups is 1. The summed E-state index contributed by atoms with van der Waals surface area (Å²) in [6.07, 6.45) is 56.9. The predicted octanol–water partition coefficient (Wildman–Crippen LogP) is 13.8. The van der Waals surface area contributed by atoms with Gasteiger partial charge in [0.05, 0.1) is 13.2 Å². The molecule has 0 saturated carbocycles. The average molecular weight is 862 g/mol. The van der Waals surface area contributed by atoms with Gasteiger partial charge in [0.25, 0.3) is 0 Å². The lowest BCUT2D eigenvalue weighted by Crippen LogP contribution is -2.27. The SMILES string of the molecule is CCCCC/C=C\C/C=C\C/C=C\C/C=C\CCCCCCCCCC(=O)NCCOP(=O)(O)OCC(O)COC(=O)CCCCCCC/C=C\C/C=C\CCCCCC. The molecule has 0 fully saturated rings. The van der Waals surface area contributed by atoms with Crippen LogP contribution >= 0.6 is 7.82 Å². The van der Waals surface area contributed by atoms with Crippen LogP contribution in [0.3, 0.4) is 0 Å². The molecule has 2 atom stereocenters. The van der Waals surface area contributed by atoms with Crippen molar-refractivity contribution >= 4 is 19.7 Å². The fourth-order valence-corrected chi connectivity index (χ4v) is 6.97. The molecule has 3 N–H and O–H groups in total. The Labute approximate surface area is 367 Å². The molecule has 0 spiro atoms. The van der Waals surface area contributed by atoms with Crippen LogP contribution in [0.25, 0.3) is 0 Å². The molecule has 2 unspecified atom stereocenters. The van der Waals surface area contributed by atoms with Crippen LogP contribution in [-0.4, -0.2) is 54.3 Å². The van der Waals surface area contributed by atoms with Gasteiger partial charge in [0.1, 0.15) is 12.7 Å². The Morgan fingerprint density at radius 2 is 0.900 bits per heavy atom. The minimum Gasteiger partial charge on any atom is -0.463 e. The van der Waals surface area contributed by atoms with Gasteiger partial charge < -0.3 is 20.1 Å². The number of allylic oxidation sites excluding steroid dienone is 12. The summed E-state index contributed by atoms with van der Waals surface area (Å²) in [7, 11) is -4.43. The molecule has 0 aromatic heterocycles. The molecule has 346 valence electrons. The number of aliphatic hydroxyl groups is 1. The van der Waals surface area contributed by atoms with Crippen LogP contribution in [0, 0.1) is 0 Å². The van der Waals surface area contributed by atoms with Crippen molar-refractivity contribution in [3.63, 3.8) is 0 Å². The van der Waals surface area contributed by atoms with Crippen molar-refractivity contribution in [2.45, 2.75) is 206 Å². The molecule has 0 aliphatic rings. The standard InChI is InChI=1S/C50H88NO8P/c1-3-5-7-9-11-13-15-17-19-21-22-23-24-25-26-27-28-30-32-34-36-38-40-42-49(53)51-44-45-58-60(55,56)59-47-48(52)46-57-50(54)43-41-39-37-35-33-31-29-20-18-16-14-12-10-8-6-4-2/h11,13-14,16-17,19-20,22-23,25-26,29,48,52H,3-10,12,15,18,21,24,27-28,30-47H2,1-2H3,(H,51,53)(H,55,56)/b13-11-,16-14-,19-17-,23-22-,26-25-,29-20-. The first-order valence-electron chi connectivity index (χ1n) is 23.9. The minimum atomic E-state index is -4.43. The Morgan fingerprint density at radius 3 is 1.38 bits per heavy atom. The van der Waals surface area contributed by atoms with E-state index in [1.54, 1.807) is 0 Å². The normalized spacial score (nSPS) is 13.9. The van der Waals surface area contributed by atoms with Crippen molar-refractivity contribution in [3.05, 3.63) is 72.9 Å². The molecule has 9 nitrogen and oxygen atoms in total. The van der Waals surface area contributed by atoms with Gasteiger partial charge in [-0.05, 0) is 89.9 Å². The molecular weight excluding hydrogens is 774 g/mol.